The van der Waals surface area contributed by atoms with Gasteiger partial charge in [-0.15, -0.1) is 0 Å². The number of carbonyl (C=O) groups is 1. The summed E-state index contributed by atoms with van der Waals surface area (Å²) in [6.45, 7) is 2.45. The number of rotatable bonds is 5. The largest absolute Gasteiger partial charge is 0.394 e. The first kappa shape index (κ1) is 12.5. The third-order valence-corrected chi connectivity index (χ3v) is 3.69. The Morgan fingerprint density at radius 1 is 1.60 bits per heavy atom. The molecule has 0 aromatic carbocycles. The highest BCUT2D eigenvalue weighted by molar-refractivity contribution is 5.77. The van der Waals surface area contributed by atoms with Gasteiger partial charge in [-0.25, -0.2) is 0 Å². The minimum atomic E-state index is -0.104. The van der Waals surface area contributed by atoms with Crippen LogP contribution >= 0.6 is 0 Å². The molecule has 3 N–H and O–H groups in total. The van der Waals surface area contributed by atoms with Crippen LogP contribution in [0.1, 0.15) is 32.6 Å². The van der Waals surface area contributed by atoms with Gasteiger partial charge in [0.2, 0.25) is 5.91 Å². The lowest BCUT2D eigenvalue weighted by molar-refractivity contribution is -0.136. The zero-order valence-electron chi connectivity index (χ0n) is 9.70. The summed E-state index contributed by atoms with van der Waals surface area (Å²) in [5.74, 6) is 0.0988. The first-order valence-electron chi connectivity index (χ1n) is 5.61. The van der Waals surface area contributed by atoms with E-state index >= 15 is 0 Å². The molecule has 0 spiro atoms. The van der Waals surface area contributed by atoms with Crippen molar-refractivity contribution in [3.05, 3.63) is 0 Å². The summed E-state index contributed by atoms with van der Waals surface area (Å²) in [5, 5.41) is 8.96. The number of likely N-dealkylation sites (N-methyl/N-ethyl adjacent to an activating group) is 1. The van der Waals surface area contributed by atoms with Gasteiger partial charge in [0.05, 0.1) is 12.6 Å². The van der Waals surface area contributed by atoms with Gasteiger partial charge in [-0.1, -0.05) is 6.42 Å². The standard InChI is InChI=1S/C11H22N2O2/c1-9(7-14)13(2)10(15)6-11(8-12)4-3-5-11/h9,14H,3-8,12H2,1-2H3. The highest BCUT2D eigenvalue weighted by Gasteiger charge is 2.38. The van der Waals surface area contributed by atoms with Crippen LogP contribution in [0, 0.1) is 5.41 Å². The van der Waals surface area contributed by atoms with Crippen molar-refractivity contribution in [1.82, 2.24) is 4.90 Å². The van der Waals surface area contributed by atoms with Crippen molar-refractivity contribution in [2.75, 3.05) is 20.2 Å². The van der Waals surface area contributed by atoms with E-state index < -0.39 is 0 Å². The molecule has 1 aliphatic carbocycles. The summed E-state index contributed by atoms with van der Waals surface area (Å²) in [6.07, 6.45) is 3.85. The van der Waals surface area contributed by atoms with E-state index in [2.05, 4.69) is 0 Å². The molecule has 1 aliphatic rings. The number of amides is 1. The third-order valence-electron chi connectivity index (χ3n) is 3.69. The minimum absolute atomic E-state index is 0.0118. The van der Waals surface area contributed by atoms with Gasteiger partial charge < -0.3 is 15.7 Å². The maximum atomic E-state index is 11.9. The first-order valence-corrected chi connectivity index (χ1v) is 5.61. The van der Waals surface area contributed by atoms with Crippen LogP contribution in [0.3, 0.4) is 0 Å². The molecule has 1 rings (SSSR count). The third kappa shape index (κ3) is 2.69. The molecule has 0 aromatic heterocycles. The number of nitrogens with two attached hydrogens (primary N) is 1. The number of hydrogen-bond acceptors (Lipinski definition) is 3. The van der Waals surface area contributed by atoms with Crippen molar-refractivity contribution in [1.29, 1.82) is 0 Å². The second kappa shape index (κ2) is 4.94. The molecular formula is C11H22N2O2. The fourth-order valence-electron chi connectivity index (χ4n) is 1.94. The molecule has 1 unspecified atom stereocenters. The van der Waals surface area contributed by atoms with E-state index in [4.69, 9.17) is 10.8 Å². The van der Waals surface area contributed by atoms with Gasteiger partial charge in [0.1, 0.15) is 0 Å². The van der Waals surface area contributed by atoms with Gasteiger partial charge in [-0.2, -0.15) is 0 Å². The Kier molecular flexibility index (Phi) is 4.11. The Morgan fingerprint density at radius 2 is 2.20 bits per heavy atom. The Morgan fingerprint density at radius 3 is 2.53 bits per heavy atom. The average molecular weight is 214 g/mol. The molecule has 1 amide bonds. The number of hydrogen-bond donors (Lipinski definition) is 2. The van der Waals surface area contributed by atoms with Crippen LogP contribution in [0.15, 0.2) is 0 Å². The highest BCUT2D eigenvalue weighted by Crippen LogP contribution is 2.43. The first-order chi connectivity index (χ1) is 7.04. The molecule has 1 atom stereocenters. The normalized spacial score (nSPS) is 20.5. The summed E-state index contributed by atoms with van der Waals surface area (Å²) in [6, 6.07) is -0.104. The van der Waals surface area contributed by atoms with Crippen LogP contribution in [-0.4, -0.2) is 42.2 Å². The number of nitrogens with zero attached hydrogens (tertiary/aromatic N) is 1. The van der Waals surface area contributed by atoms with Gasteiger partial charge in [0.25, 0.3) is 0 Å². The lowest BCUT2D eigenvalue weighted by atomic mass is 9.66. The van der Waals surface area contributed by atoms with E-state index in [9.17, 15) is 4.79 Å². The molecule has 4 heteroatoms. The molecule has 0 aliphatic heterocycles. The van der Waals surface area contributed by atoms with Gasteiger partial charge in [-0.3, -0.25) is 4.79 Å². The molecule has 1 saturated carbocycles. The van der Waals surface area contributed by atoms with Crippen molar-refractivity contribution >= 4 is 5.91 Å². The molecule has 4 nitrogen and oxygen atoms in total. The molecule has 0 radical (unpaired) electrons. The Balaban J connectivity index is 2.47. The topological polar surface area (TPSA) is 66.6 Å². The van der Waals surface area contributed by atoms with Gasteiger partial charge in [0.15, 0.2) is 0 Å². The Hall–Kier alpha value is -0.610. The Labute approximate surface area is 91.4 Å². The molecule has 0 saturated heterocycles. The predicted molar refractivity (Wildman–Crippen MR) is 59.3 cm³/mol. The summed E-state index contributed by atoms with van der Waals surface area (Å²) in [7, 11) is 1.74. The van der Waals surface area contributed by atoms with Crippen LogP contribution in [0.4, 0.5) is 0 Å². The molecule has 0 heterocycles. The van der Waals surface area contributed by atoms with Gasteiger partial charge >= 0.3 is 0 Å². The molecular weight excluding hydrogens is 192 g/mol. The quantitative estimate of drug-likeness (QED) is 0.693. The summed E-state index contributed by atoms with van der Waals surface area (Å²) in [5.41, 5.74) is 5.76. The maximum absolute atomic E-state index is 11.9. The van der Waals surface area contributed by atoms with Crippen molar-refractivity contribution in [3.63, 3.8) is 0 Å². The van der Waals surface area contributed by atoms with E-state index in [-0.39, 0.29) is 24.0 Å². The SMILES string of the molecule is CC(CO)N(C)C(=O)CC1(CN)CCC1. The van der Waals surface area contributed by atoms with E-state index in [1.807, 2.05) is 6.92 Å². The zero-order chi connectivity index (χ0) is 11.5. The van der Waals surface area contributed by atoms with Crippen molar-refractivity contribution in [3.8, 4) is 0 Å². The number of carbonyl (C=O) groups excluding carboxylic acids is 1. The smallest absolute Gasteiger partial charge is 0.223 e. The molecule has 88 valence electrons. The minimum Gasteiger partial charge on any atom is -0.394 e. The maximum Gasteiger partial charge on any atom is 0.223 e. The fourth-order valence-corrected chi connectivity index (χ4v) is 1.94. The van der Waals surface area contributed by atoms with Crippen molar-refractivity contribution in [2.45, 2.75) is 38.6 Å². The van der Waals surface area contributed by atoms with Crippen LogP contribution in [-0.2, 0) is 4.79 Å². The van der Waals surface area contributed by atoms with E-state index in [1.165, 1.54) is 6.42 Å². The van der Waals surface area contributed by atoms with Crippen molar-refractivity contribution in [2.24, 2.45) is 11.1 Å². The molecule has 0 aromatic rings. The molecule has 15 heavy (non-hydrogen) atoms. The lowest BCUT2D eigenvalue weighted by Gasteiger charge is -2.41. The molecule has 1 fully saturated rings. The molecule has 0 bridgehead atoms. The van der Waals surface area contributed by atoms with Gasteiger partial charge in [-0.05, 0) is 31.7 Å². The number of aliphatic hydroxyl groups is 1. The highest BCUT2D eigenvalue weighted by atomic mass is 16.3. The zero-order valence-corrected chi connectivity index (χ0v) is 9.70. The fraction of sp³-hybridized carbons (Fsp3) is 0.909. The van der Waals surface area contributed by atoms with E-state index in [1.54, 1.807) is 11.9 Å². The summed E-state index contributed by atoms with van der Waals surface area (Å²) in [4.78, 5) is 13.5. The van der Waals surface area contributed by atoms with Crippen LogP contribution in [0.2, 0.25) is 0 Å². The second-order valence-corrected chi connectivity index (χ2v) is 4.77. The number of aliphatic hydroxyl groups excluding tert-OH is 1. The van der Waals surface area contributed by atoms with Crippen LogP contribution < -0.4 is 5.73 Å². The van der Waals surface area contributed by atoms with Crippen LogP contribution in [0.25, 0.3) is 0 Å². The van der Waals surface area contributed by atoms with Crippen LogP contribution in [0.5, 0.6) is 0 Å². The predicted octanol–water partition coefficient (Wildman–Crippen LogP) is 0.345. The average Bonchev–Trinajstić information content (AvgIpc) is 2.20. The second-order valence-electron chi connectivity index (χ2n) is 4.77. The van der Waals surface area contributed by atoms with E-state index in [0.29, 0.717) is 13.0 Å². The van der Waals surface area contributed by atoms with Crippen molar-refractivity contribution < 1.29 is 9.90 Å². The lowest BCUT2D eigenvalue weighted by Crippen LogP contribution is -2.45. The Bertz CT molecular complexity index is 221. The van der Waals surface area contributed by atoms with E-state index in [0.717, 1.165) is 12.8 Å². The van der Waals surface area contributed by atoms with Gasteiger partial charge in [0, 0.05) is 13.5 Å². The monoisotopic (exact) mass is 214 g/mol. The summed E-state index contributed by atoms with van der Waals surface area (Å²) >= 11 is 0. The summed E-state index contributed by atoms with van der Waals surface area (Å²) < 4.78 is 0.